The molecule has 0 saturated carbocycles. The van der Waals surface area contributed by atoms with Crippen molar-refractivity contribution in [2.24, 2.45) is 11.7 Å². The molecule has 0 bridgehead atoms. The molecule has 0 unspecified atom stereocenters. The van der Waals surface area contributed by atoms with Crippen LogP contribution in [0.2, 0.25) is 5.02 Å². The number of nitrogens with two attached hydrogens (primary N) is 1. The van der Waals surface area contributed by atoms with Gasteiger partial charge in [-0.05, 0) is 30.5 Å². The first-order valence-corrected chi connectivity index (χ1v) is 7.29. The average molecular weight is 315 g/mol. The maximum absolute atomic E-state index is 11.9. The molecule has 0 spiro atoms. The van der Waals surface area contributed by atoms with Crippen molar-refractivity contribution in [3.63, 3.8) is 0 Å². The zero-order valence-electron chi connectivity index (χ0n) is 12.7. The van der Waals surface area contributed by atoms with E-state index in [4.69, 9.17) is 26.8 Å². The van der Waals surface area contributed by atoms with Gasteiger partial charge in [-0.2, -0.15) is 0 Å². The largest absolute Gasteiger partial charge is 0.490 e. The lowest BCUT2D eigenvalue weighted by atomic mass is 10.0. The van der Waals surface area contributed by atoms with Crippen LogP contribution in [-0.4, -0.2) is 32.3 Å². The number of carbonyl (C=O) groups is 1. The molecule has 1 aromatic rings. The van der Waals surface area contributed by atoms with Crippen molar-refractivity contribution in [1.82, 2.24) is 0 Å². The third kappa shape index (κ3) is 6.33. The van der Waals surface area contributed by atoms with Gasteiger partial charge in [0.05, 0.1) is 17.7 Å². The van der Waals surface area contributed by atoms with E-state index in [1.54, 1.807) is 25.3 Å². The van der Waals surface area contributed by atoms with Gasteiger partial charge in [-0.15, -0.1) is 0 Å². The van der Waals surface area contributed by atoms with Crippen LogP contribution < -0.4 is 15.8 Å². The monoisotopic (exact) mass is 314 g/mol. The van der Waals surface area contributed by atoms with Gasteiger partial charge in [0.2, 0.25) is 5.91 Å². The predicted molar refractivity (Wildman–Crippen MR) is 84.9 cm³/mol. The Labute approximate surface area is 130 Å². The van der Waals surface area contributed by atoms with Crippen LogP contribution in [0.25, 0.3) is 0 Å². The minimum atomic E-state index is -0.526. The van der Waals surface area contributed by atoms with Crippen LogP contribution in [0.5, 0.6) is 5.75 Å². The molecule has 0 aliphatic rings. The second-order valence-electron chi connectivity index (χ2n) is 5.21. The molecular weight excluding hydrogens is 292 g/mol. The number of benzene rings is 1. The van der Waals surface area contributed by atoms with Crippen LogP contribution in [-0.2, 0) is 9.53 Å². The number of rotatable bonds is 8. The standard InChI is InChI=1S/C15H23ClN2O3/c1-10(2)8-13(17)15(19)18-11-4-5-14(12(16)9-11)21-7-6-20-3/h4-5,9-10,13H,6-8,17H2,1-3H3,(H,18,19)/t13-/m0/s1. The van der Waals surface area contributed by atoms with Gasteiger partial charge in [0.1, 0.15) is 12.4 Å². The Kier molecular flexibility index (Phi) is 7.50. The number of hydrogen-bond acceptors (Lipinski definition) is 4. The van der Waals surface area contributed by atoms with E-state index in [0.29, 0.717) is 42.0 Å². The SMILES string of the molecule is COCCOc1ccc(NC(=O)[C@@H](N)CC(C)C)cc1Cl. The number of hydrogen-bond donors (Lipinski definition) is 2. The number of ether oxygens (including phenoxy) is 2. The van der Waals surface area contributed by atoms with Crippen molar-refractivity contribution in [2.75, 3.05) is 25.6 Å². The number of halogens is 1. The van der Waals surface area contributed by atoms with Gasteiger partial charge in [0.15, 0.2) is 0 Å². The zero-order valence-corrected chi connectivity index (χ0v) is 13.4. The maximum atomic E-state index is 11.9. The Morgan fingerprint density at radius 1 is 1.38 bits per heavy atom. The molecule has 0 saturated heterocycles. The molecule has 3 N–H and O–H groups in total. The Morgan fingerprint density at radius 3 is 2.67 bits per heavy atom. The summed E-state index contributed by atoms with van der Waals surface area (Å²) in [5.41, 5.74) is 6.43. The quantitative estimate of drug-likeness (QED) is 0.724. The summed E-state index contributed by atoms with van der Waals surface area (Å²) in [5, 5.41) is 3.19. The Balaban J connectivity index is 2.60. The van der Waals surface area contributed by atoms with Crippen LogP contribution in [0, 0.1) is 5.92 Å². The lowest BCUT2D eigenvalue weighted by Gasteiger charge is -2.15. The summed E-state index contributed by atoms with van der Waals surface area (Å²) in [4.78, 5) is 11.9. The highest BCUT2D eigenvalue weighted by atomic mass is 35.5. The molecule has 0 heterocycles. The first kappa shape index (κ1) is 17.8. The number of anilines is 1. The molecule has 5 nitrogen and oxygen atoms in total. The first-order valence-electron chi connectivity index (χ1n) is 6.91. The summed E-state index contributed by atoms with van der Waals surface area (Å²) in [6.45, 7) is 4.95. The van der Waals surface area contributed by atoms with Gasteiger partial charge in [-0.3, -0.25) is 4.79 Å². The highest BCUT2D eigenvalue weighted by molar-refractivity contribution is 6.32. The Bertz CT molecular complexity index is 466. The molecule has 0 aromatic heterocycles. The van der Waals surface area contributed by atoms with E-state index < -0.39 is 6.04 Å². The van der Waals surface area contributed by atoms with Crippen molar-refractivity contribution >= 4 is 23.2 Å². The number of nitrogens with one attached hydrogen (secondary N) is 1. The third-order valence-electron chi connectivity index (χ3n) is 2.81. The van der Waals surface area contributed by atoms with Crippen LogP contribution in [0.15, 0.2) is 18.2 Å². The molecule has 118 valence electrons. The van der Waals surface area contributed by atoms with E-state index in [9.17, 15) is 4.79 Å². The number of amides is 1. The van der Waals surface area contributed by atoms with Crippen molar-refractivity contribution in [3.05, 3.63) is 23.2 Å². The lowest BCUT2D eigenvalue weighted by Crippen LogP contribution is -2.36. The highest BCUT2D eigenvalue weighted by Crippen LogP contribution is 2.27. The van der Waals surface area contributed by atoms with Crippen LogP contribution in [0.1, 0.15) is 20.3 Å². The van der Waals surface area contributed by atoms with Gasteiger partial charge in [0, 0.05) is 12.8 Å². The Hall–Kier alpha value is -1.30. The molecule has 1 aromatic carbocycles. The van der Waals surface area contributed by atoms with Crippen molar-refractivity contribution in [2.45, 2.75) is 26.3 Å². The summed E-state index contributed by atoms with van der Waals surface area (Å²) >= 11 is 6.11. The van der Waals surface area contributed by atoms with Gasteiger partial charge in [0.25, 0.3) is 0 Å². The number of carbonyl (C=O) groups excluding carboxylic acids is 1. The Morgan fingerprint density at radius 2 is 2.10 bits per heavy atom. The van der Waals surface area contributed by atoms with Gasteiger partial charge in [-0.25, -0.2) is 0 Å². The fourth-order valence-electron chi connectivity index (χ4n) is 1.78. The topological polar surface area (TPSA) is 73.6 Å². The normalized spacial score (nSPS) is 12.3. The molecule has 0 aliphatic carbocycles. The van der Waals surface area contributed by atoms with Crippen LogP contribution >= 0.6 is 11.6 Å². The highest BCUT2D eigenvalue weighted by Gasteiger charge is 2.15. The minimum absolute atomic E-state index is 0.215. The molecule has 0 radical (unpaired) electrons. The van der Waals surface area contributed by atoms with E-state index in [-0.39, 0.29) is 5.91 Å². The summed E-state index contributed by atoms with van der Waals surface area (Å²) in [6.07, 6.45) is 0.637. The van der Waals surface area contributed by atoms with Gasteiger partial charge >= 0.3 is 0 Å². The lowest BCUT2D eigenvalue weighted by molar-refractivity contribution is -0.117. The second kappa shape index (κ2) is 8.87. The average Bonchev–Trinajstić information content (AvgIpc) is 2.40. The molecule has 1 amide bonds. The molecule has 1 atom stereocenters. The zero-order chi connectivity index (χ0) is 15.8. The molecule has 0 aliphatic heterocycles. The summed E-state index contributed by atoms with van der Waals surface area (Å²) in [7, 11) is 1.60. The third-order valence-corrected chi connectivity index (χ3v) is 3.10. The maximum Gasteiger partial charge on any atom is 0.241 e. The van der Waals surface area contributed by atoms with Crippen LogP contribution in [0.3, 0.4) is 0 Å². The predicted octanol–water partition coefficient (Wildman–Crippen LogP) is 2.68. The molecular formula is C15H23ClN2O3. The molecule has 21 heavy (non-hydrogen) atoms. The summed E-state index contributed by atoms with van der Waals surface area (Å²) in [6, 6.07) is 4.56. The van der Waals surface area contributed by atoms with Gasteiger partial charge < -0.3 is 20.5 Å². The van der Waals surface area contributed by atoms with E-state index in [1.165, 1.54) is 0 Å². The summed E-state index contributed by atoms with van der Waals surface area (Å²) in [5.74, 6) is 0.705. The van der Waals surface area contributed by atoms with E-state index in [2.05, 4.69) is 5.32 Å². The molecule has 1 rings (SSSR count). The minimum Gasteiger partial charge on any atom is -0.490 e. The smallest absolute Gasteiger partial charge is 0.241 e. The van der Waals surface area contributed by atoms with Crippen LogP contribution in [0.4, 0.5) is 5.69 Å². The summed E-state index contributed by atoms with van der Waals surface area (Å²) < 4.78 is 10.3. The second-order valence-corrected chi connectivity index (χ2v) is 5.62. The fourth-order valence-corrected chi connectivity index (χ4v) is 2.02. The first-order chi connectivity index (χ1) is 9.93. The van der Waals surface area contributed by atoms with Crippen molar-refractivity contribution in [3.8, 4) is 5.75 Å². The van der Waals surface area contributed by atoms with E-state index >= 15 is 0 Å². The van der Waals surface area contributed by atoms with Crippen molar-refractivity contribution < 1.29 is 14.3 Å². The van der Waals surface area contributed by atoms with Gasteiger partial charge in [-0.1, -0.05) is 25.4 Å². The molecule has 0 fully saturated rings. The van der Waals surface area contributed by atoms with E-state index in [0.717, 1.165) is 0 Å². The number of methoxy groups -OCH3 is 1. The van der Waals surface area contributed by atoms with Crippen molar-refractivity contribution in [1.29, 1.82) is 0 Å². The fraction of sp³-hybridized carbons (Fsp3) is 0.533. The van der Waals surface area contributed by atoms with E-state index in [1.807, 2.05) is 13.8 Å². The molecule has 6 heteroatoms.